The van der Waals surface area contributed by atoms with Crippen LogP contribution in [0.2, 0.25) is 0 Å². The average Bonchev–Trinajstić information content (AvgIpc) is 3.31. The molecule has 5 fully saturated rings. The molecule has 6 rings (SSSR count). The molecule has 2 saturated heterocycles. The van der Waals surface area contributed by atoms with Crippen molar-refractivity contribution in [2.45, 2.75) is 136 Å². The maximum absolute atomic E-state index is 12.4. The lowest BCUT2D eigenvalue weighted by molar-refractivity contribution is -0.272. The molecule has 11 atom stereocenters. The van der Waals surface area contributed by atoms with Gasteiger partial charge in [-0.25, -0.2) is 0 Å². The largest absolute Gasteiger partial charge is 0.462 e. The second kappa shape index (κ2) is 9.65. The summed E-state index contributed by atoms with van der Waals surface area (Å²) in [6.07, 6.45) is 17.4. The Labute approximate surface area is 225 Å². The van der Waals surface area contributed by atoms with Crippen LogP contribution in [0.15, 0.2) is 11.6 Å². The molecule has 2 aliphatic heterocycles. The molecule has 0 unspecified atom stereocenters. The van der Waals surface area contributed by atoms with Crippen LogP contribution < -0.4 is 0 Å². The van der Waals surface area contributed by atoms with Gasteiger partial charge in [0.25, 0.3) is 0 Å². The van der Waals surface area contributed by atoms with Crippen LogP contribution in [-0.2, 0) is 19.0 Å². The van der Waals surface area contributed by atoms with E-state index >= 15 is 0 Å². The molecule has 4 aliphatic carbocycles. The summed E-state index contributed by atoms with van der Waals surface area (Å²) in [6, 6.07) is 0. The molecule has 0 bridgehead atoms. The van der Waals surface area contributed by atoms with Gasteiger partial charge in [-0.15, -0.1) is 0 Å². The lowest BCUT2D eigenvalue weighted by Crippen LogP contribution is -2.52. The summed E-state index contributed by atoms with van der Waals surface area (Å²) >= 11 is 0. The van der Waals surface area contributed by atoms with Crippen LogP contribution in [-0.4, -0.2) is 30.6 Å². The summed E-state index contributed by atoms with van der Waals surface area (Å²) in [5.74, 6) is 3.77. The summed E-state index contributed by atoms with van der Waals surface area (Å²) < 4.78 is 19.4. The van der Waals surface area contributed by atoms with E-state index in [9.17, 15) is 4.79 Å². The number of carbonyl (C=O) groups is 1. The number of carbonyl (C=O) groups excluding carboxylic acids is 1. The summed E-state index contributed by atoms with van der Waals surface area (Å²) in [5.41, 5.74) is 2.25. The summed E-state index contributed by atoms with van der Waals surface area (Å²) in [4.78, 5) is 12.4. The Kier molecular flexibility index (Phi) is 6.87. The number of rotatable bonds is 5. The molecule has 4 nitrogen and oxygen atoms in total. The summed E-state index contributed by atoms with van der Waals surface area (Å²) in [6.45, 7) is 13.0. The fourth-order valence-corrected chi connectivity index (χ4v) is 10.5. The van der Waals surface area contributed by atoms with Gasteiger partial charge in [0.15, 0.2) is 5.79 Å². The van der Waals surface area contributed by atoms with Gasteiger partial charge >= 0.3 is 5.97 Å². The van der Waals surface area contributed by atoms with Gasteiger partial charge in [-0.1, -0.05) is 59.1 Å². The van der Waals surface area contributed by atoms with Crippen molar-refractivity contribution in [3.8, 4) is 0 Å². The van der Waals surface area contributed by atoms with Gasteiger partial charge in [-0.2, -0.15) is 0 Å². The second-order valence-corrected chi connectivity index (χ2v) is 14.6. The molecular weight excluding hydrogens is 460 g/mol. The molecule has 0 aromatic heterocycles. The van der Waals surface area contributed by atoms with E-state index in [4.69, 9.17) is 14.2 Å². The molecule has 2 heterocycles. The number of ether oxygens (including phenoxy) is 3. The molecule has 4 heteroatoms. The Morgan fingerprint density at radius 3 is 2.68 bits per heavy atom. The zero-order valence-electron chi connectivity index (χ0n) is 24.2. The Morgan fingerprint density at radius 2 is 1.92 bits per heavy atom. The average molecular weight is 513 g/mol. The minimum absolute atomic E-state index is 0.0190. The van der Waals surface area contributed by atoms with E-state index in [0.29, 0.717) is 35.7 Å². The fraction of sp³-hybridized carbons (Fsp3) is 0.909. The minimum Gasteiger partial charge on any atom is -0.462 e. The van der Waals surface area contributed by atoms with Crippen molar-refractivity contribution in [2.75, 3.05) is 6.61 Å². The van der Waals surface area contributed by atoms with Crippen LogP contribution in [0.5, 0.6) is 0 Å². The Balaban J connectivity index is 1.15. The Bertz CT molecular complexity index is 902. The number of hydrogen-bond donors (Lipinski definition) is 0. The van der Waals surface area contributed by atoms with E-state index in [1.807, 2.05) is 0 Å². The van der Waals surface area contributed by atoms with Crippen LogP contribution in [0, 0.1) is 46.3 Å². The Morgan fingerprint density at radius 1 is 1.08 bits per heavy atom. The number of esters is 1. The van der Waals surface area contributed by atoms with Crippen molar-refractivity contribution in [1.29, 1.82) is 0 Å². The first-order valence-corrected chi connectivity index (χ1v) is 15.9. The molecule has 208 valence electrons. The van der Waals surface area contributed by atoms with E-state index < -0.39 is 0 Å². The number of unbranched alkanes of at least 4 members (excludes halogenated alkanes) is 2. The molecule has 0 N–H and O–H groups in total. The maximum atomic E-state index is 12.4. The lowest BCUT2D eigenvalue weighted by atomic mass is 9.47. The van der Waals surface area contributed by atoms with Gasteiger partial charge in [-0.3, -0.25) is 4.79 Å². The van der Waals surface area contributed by atoms with Gasteiger partial charge in [0, 0.05) is 25.2 Å². The van der Waals surface area contributed by atoms with Crippen molar-refractivity contribution in [1.82, 2.24) is 0 Å². The third kappa shape index (κ3) is 4.17. The van der Waals surface area contributed by atoms with Gasteiger partial charge in [0.05, 0.1) is 12.7 Å². The second-order valence-electron chi connectivity index (χ2n) is 14.6. The summed E-state index contributed by atoms with van der Waals surface area (Å²) in [5, 5.41) is 0. The first kappa shape index (κ1) is 26.4. The quantitative estimate of drug-likeness (QED) is 0.214. The molecule has 37 heavy (non-hydrogen) atoms. The SMILES string of the molecule is CCCCCC(=O)O[C@H]1CC[C@@]2(C)C(=CC[C@H]3[C@@H]4C[C@@H]5O[C@]6(CC[C@@H](C)CO6)[C@@H](C)[C@@H]5[C@@]4(C)CC[C@@H]32)C1. The van der Waals surface area contributed by atoms with Crippen LogP contribution in [0.4, 0.5) is 0 Å². The first-order chi connectivity index (χ1) is 17.7. The first-order valence-electron chi connectivity index (χ1n) is 15.9. The van der Waals surface area contributed by atoms with Crippen LogP contribution >= 0.6 is 0 Å². The Hall–Kier alpha value is -0.870. The standard InChI is InChI=1S/C33H52O4/c1-6-7-8-9-29(34)36-24-13-15-31(4)23(18-24)10-11-25-26(31)14-16-32(5)27(25)19-28-30(32)22(3)33(37-28)17-12-21(2)20-35-33/h10,21-22,24-28,30H,6-9,11-20H2,1-5H3/t21-,22+,24+,25-,26+,27+,28+,30+,31+,32+,33-/m1/s1. The van der Waals surface area contributed by atoms with Crippen molar-refractivity contribution >= 4 is 5.97 Å². The monoisotopic (exact) mass is 512 g/mol. The molecule has 6 aliphatic rings. The molecule has 0 aromatic carbocycles. The van der Waals surface area contributed by atoms with Crippen molar-refractivity contribution < 1.29 is 19.0 Å². The predicted octanol–water partition coefficient (Wildman–Crippen LogP) is 7.85. The van der Waals surface area contributed by atoms with E-state index in [0.717, 1.165) is 62.9 Å². The molecule has 3 saturated carbocycles. The molecule has 0 aromatic rings. The van der Waals surface area contributed by atoms with Crippen LogP contribution in [0.25, 0.3) is 0 Å². The minimum atomic E-state index is -0.315. The summed E-state index contributed by atoms with van der Waals surface area (Å²) in [7, 11) is 0. The van der Waals surface area contributed by atoms with Gasteiger partial charge < -0.3 is 14.2 Å². The van der Waals surface area contributed by atoms with Crippen molar-refractivity contribution in [3.05, 3.63) is 11.6 Å². The normalized spacial score (nSPS) is 50.6. The predicted molar refractivity (Wildman–Crippen MR) is 146 cm³/mol. The fourth-order valence-electron chi connectivity index (χ4n) is 10.5. The highest BCUT2D eigenvalue weighted by Crippen LogP contribution is 2.70. The topological polar surface area (TPSA) is 44.8 Å². The number of allylic oxidation sites excluding steroid dienone is 1. The van der Waals surface area contributed by atoms with Crippen LogP contribution in [0.1, 0.15) is 118 Å². The molecule has 1 spiro atoms. The van der Waals surface area contributed by atoms with E-state index in [2.05, 4.69) is 40.7 Å². The number of hydrogen-bond acceptors (Lipinski definition) is 4. The molecular formula is C33H52O4. The van der Waals surface area contributed by atoms with Crippen LogP contribution in [0.3, 0.4) is 0 Å². The molecule has 0 amide bonds. The van der Waals surface area contributed by atoms with Gasteiger partial charge in [0.1, 0.15) is 6.10 Å². The zero-order chi connectivity index (χ0) is 26.0. The van der Waals surface area contributed by atoms with Crippen molar-refractivity contribution in [2.24, 2.45) is 46.3 Å². The highest BCUT2D eigenvalue weighted by atomic mass is 16.7. The highest BCUT2D eigenvalue weighted by molar-refractivity contribution is 5.69. The van der Waals surface area contributed by atoms with Gasteiger partial charge in [-0.05, 0) is 91.8 Å². The molecule has 0 radical (unpaired) electrons. The third-order valence-electron chi connectivity index (χ3n) is 12.6. The zero-order valence-corrected chi connectivity index (χ0v) is 24.2. The highest BCUT2D eigenvalue weighted by Gasteiger charge is 2.68. The smallest absolute Gasteiger partial charge is 0.306 e. The van der Waals surface area contributed by atoms with E-state index in [1.165, 1.54) is 38.5 Å². The maximum Gasteiger partial charge on any atom is 0.306 e. The lowest BCUT2D eigenvalue weighted by Gasteiger charge is -2.58. The number of fused-ring (bicyclic) bond motifs is 7. The van der Waals surface area contributed by atoms with Gasteiger partial charge in [0.2, 0.25) is 0 Å². The van der Waals surface area contributed by atoms with E-state index in [1.54, 1.807) is 5.57 Å². The van der Waals surface area contributed by atoms with Crippen molar-refractivity contribution in [3.63, 3.8) is 0 Å². The van der Waals surface area contributed by atoms with E-state index in [-0.39, 0.29) is 23.3 Å². The third-order valence-corrected chi connectivity index (χ3v) is 12.6.